The molecule has 2 N–H and O–H groups in total. The molecule has 0 radical (unpaired) electrons. The van der Waals surface area contributed by atoms with Gasteiger partial charge in [0, 0.05) is 25.0 Å². The van der Waals surface area contributed by atoms with E-state index in [0.717, 1.165) is 24.2 Å². The molecule has 5 heteroatoms. The van der Waals surface area contributed by atoms with Crippen LogP contribution in [0.25, 0.3) is 0 Å². The lowest BCUT2D eigenvalue weighted by atomic mass is 9.89. The summed E-state index contributed by atoms with van der Waals surface area (Å²) in [7, 11) is 0. The third-order valence-electron chi connectivity index (χ3n) is 4.74. The molecular formula is C18H27ClN2O2. The van der Waals surface area contributed by atoms with E-state index in [1.807, 2.05) is 31.2 Å². The van der Waals surface area contributed by atoms with Crippen LogP contribution in [0.5, 0.6) is 5.75 Å². The van der Waals surface area contributed by atoms with Crippen LogP contribution in [0.2, 0.25) is 0 Å². The average Bonchev–Trinajstić information content (AvgIpc) is 2.85. The van der Waals surface area contributed by atoms with Crippen molar-refractivity contribution in [2.75, 3.05) is 6.61 Å². The number of rotatable bonds is 6. The second-order valence-electron chi connectivity index (χ2n) is 6.54. The summed E-state index contributed by atoms with van der Waals surface area (Å²) in [5.41, 5.74) is 1.09. The Kier molecular flexibility index (Phi) is 6.72. The molecule has 0 saturated carbocycles. The van der Waals surface area contributed by atoms with Gasteiger partial charge >= 0.3 is 0 Å². The third kappa shape index (κ3) is 5.11. The van der Waals surface area contributed by atoms with Gasteiger partial charge in [-0.15, -0.1) is 12.4 Å². The molecule has 3 rings (SSSR count). The number of nitrogens with one attached hydrogen (secondary N) is 2. The number of piperidine rings is 1. The summed E-state index contributed by atoms with van der Waals surface area (Å²) in [6, 6.07) is 9.23. The maximum Gasteiger partial charge on any atom is 0.220 e. The van der Waals surface area contributed by atoms with Crippen LogP contribution >= 0.6 is 12.4 Å². The first-order valence-electron chi connectivity index (χ1n) is 8.47. The van der Waals surface area contributed by atoms with Gasteiger partial charge in [0.1, 0.15) is 5.75 Å². The second kappa shape index (κ2) is 8.55. The van der Waals surface area contributed by atoms with Crippen LogP contribution in [0.15, 0.2) is 24.3 Å². The van der Waals surface area contributed by atoms with Gasteiger partial charge in [-0.25, -0.2) is 0 Å². The molecule has 1 amide bonds. The molecule has 0 spiro atoms. The Hall–Kier alpha value is -1.26. The van der Waals surface area contributed by atoms with Crippen molar-refractivity contribution in [3.63, 3.8) is 0 Å². The predicted molar refractivity (Wildman–Crippen MR) is 94.0 cm³/mol. The van der Waals surface area contributed by atoms with Gasteiger partial charge in [-0.1, -0.05) is 12.1 Å². The summed E-state index contributed by atoms with van der Waals surface area (Å²) >= 11 is 0. The van der Waals surface area contributed by atoms with Gasteiger partial charge in [0.2, 0.25) is 5.91 Å². The molecule has 1 aromatic carbocycles. The van der Waals surface area contributed by atoms with E-state index in [-0.39, 0.29) is 18.3 Å². The molecule has 1 aromatic rings. The van der Waals surface area contributed by atoms with Gasteiger partial charge in [-0.3, -0.25) is 4.79 Å². The number of carbonyl (C=O) groups is 1. The fraction of sp³-hybridized carbons (Fsp3) is 0.611. The van der Waals surface area contributed by atoms with Crippen LogP contribution in [0.1, 0.15) is 44.6 Å². The number of ether oxygens (including phenoxy) is 1. The maximum absolute atomic E-state index is 12.2. The molecule has 2 aliphatic heterocycles. The quantitative estimate of drug-likeness (QED) is 0.838. The molecule has 128 valence electrons. The maximum atomic E-state index is 12.2. The van der Waals surface area contributed by atoms with Crippen molar-refractivity contribution in [1.82, 2.24) is 10.6 Å². The Morgan fingerprint density at radius 1 is 1.30 bits per heavy atom. The van der Waals surface area contributed by atoms with Gasteiger partial charge in [-0.05, 0) is 56.2 Å². The van der Waals surface area contributed by atoms with Crippen molar-refractivity contribution in [3.05, 3.63) is 29.8 Å². The van der Waals surface area contributed by atoms with Crippen molar-refractivity contribution in [1.29, 1.82) is 0 Å². The summed E-state index contributed by atoms with van der Waals surface area (Å²) in [4.78, 5) is 12.2. The molecule has 23 heavy (non-hydrogen) atoms. The van der Waals surface area contributed by atoms with Gasteiger partial charge in [-0.2, -0.15) is 0 Å². The first-order valence-corrected chi connectivity index (χ1v) is 8.47. The van der Waals surface area contributed by atoms with Crippen molar-refractivity contribution < 1.29 is 9.53 Å². The number of hydrogen-bond donors (Lipinski definition) is 2. The summed E-state index contributed by atoms with van der Waals surface area (Å²) in [5.74, 6) is 1.59. The Bertz CT molecular complexity index is 511. The zero-order valence-corrected chi connectivity index (χ0v) is 14.5. The lowest BCUT2D eigenvalue weighted by molar-refractivity contribution is -0.122. The molecule has 2 heterocycles. The van der Waals surface area contributed by atoms with Gasteiger partial charge in [0.15, 0.2) is 0 Å². The Balaban J connectivity index is 0.00000192. The molecule has 2 saturated heterocycles. The monoisotopic (exact) mass is 338 g/mol. The Morgan fingerprint density at radius 2 is 2.04 bits per heavy atom. The highest BCUT2D eigenvalue weighted by molar-refractivity contribution is 5.85. The number of carbonyl (C=O) groups excluding carboxylic acids is 1. The molecule has 2 atom stereocenters. The van der Waals surface area contributed by atoms with Crippen molar-refractivity contribution in [2.24, 2.45) is 5.92 Å². The van der Waals surface area contributed by atoms with E-state index in [1.54, 1.807) is 0 Å². The van der Waals surface area contributed by atoms with E-state index in [4.69, 9.17) is 4.74 Å². The molecule has 2 aliphatic rings. The highest BCUT2D eigenvalue weighted by atomic mass is 35.5. The second-order valence-corrected chi connectivity index (χ2v) is 6.54. The smallest absolute Gasteiger partial charge is 0.220 e. The summed E-state index contributed by atoms with van der Waals surface area (Å²) in [6.07, 6.45) is 5.55. The zero-order valence-electron chi connectivity index (χ0n) is 13.7. The predicted octanol–water partition coefficient (Wildman–Crippen LogP) is 3.04. The van der Waals surface area contributed by atoms with E-state index < -0.39 is 0 Å². The lowest BCUT2D eigenvalue weighted by Crippen LogP contribution is -2.39. The zero-order chi connectivity index (χ0) is 15.4. The highest BCUT2D eigenvalue weighted by Gasteiger charge is 2.34. The highest BCUT2D eigenvalue weighted by Crippen LogP contribution is 2.32. The molecule has 4 nitrogen and oxygen atoms in total. The van der Waals surface area contributed by atoms with Crippen LogP contribution in [0, 0.1) is 5.92 Å². The van der Waals surface area contributed by atoms with Crippen LogP contribution in [0.4, 0.5) is 0 Å². The van der Waals surface area contributed by atoms with Gasteiger partial charge < -0.3 is 15.4 Å². The summed E-state index contributed by atoms with van der Waals surface area (Å²) < 4.78 is 5.49. The molecule has 2 unspecified atom stereocenters. The largest absolute Gasteiger partial charge is 0.494 e. The van der Waals surface area contributed by atoms with E-state index in [0.29, 0.717) is 37.6 Å². The fourth-order valence-electron chi connectivity index (χ4n) is 3.79. The first kappa shape index (κ1) is 18.1. The Morgan fingerprint density at radius 3 is 2.74 bits per heavy atom. The number of benzene rings is 1. The topological polar surface area (TPSA) is 50.4 Å². The standard InChI is InChI=1S/C18H26N2O2.ClH/c1-2-22-17-5-3-4-13(10-17)12-19-18(21)11-14-8-15-6-7-16(9-14)20-15;/h3-5,10,14-16,20H,2,6-9,11-12H2,1H3,(H,19,21);1H. The number of amides is 1. The first-order chi connectivity index (χ1) is 10.7. The molecular weight excluding hydrogens is 312 g/mol. The minimum atomic E-state index is 0. The van der Waals surface area contributed by atoms with Crippen LogP contribution in [-0.2, 0) is 11.3 Å². The summed E-state index contributed by atoms with van der Waals surface area (Å²) in [5, 5.41) is 6.67. The Labute approximate surface area is 144 Å². The van der Waals surface area contributed by atoms with E-state index >= 15 is 0 Å². The average molecular weight is 339 g/mol. The van der Waals surface area contributed by atoms with Crippen LogP contribution in [-0.4, -0.2) is 24.6 Å². The van der Waals surface area contributed by atoms with Gasteiger partial charge in [0.25, 0.3) is 0 Å². The molecule has 2 bridgehead atoms. The van der Waals surface area contributed by atoms with Crippen LogP contribution < -0.4 is 15.4 Å². The fourth-order valence-corrected chi connectivity index (χ4v) is 3.79. The molecule has 2 fully saturated rings. The molecule has 0 aromatic heterocycles. The van der Waals surface area contributed by atoms with Crippen LogP contribution in [0.3, 0.4) is 0 Å². The van der Waals surface area contributed by atoms with Crippen molar-refractivity contribution in [3.8, 4) is 5.75 Å². The number of hydrogen-bond acceptors (Lipinski definition) is 3. The van der Waals surface area contributed by atoms with E-state index in [2.05, 4.69) is 10.6 Å². The molecule has 0 aliphatic carbocycles. The van der Waals surface area contributed by atoms with E-state index in [9.17, 15) is 4.79 Å². The lowest BCUT2D eigenvalue weighted by Gasteiger charge is -2.28. The van der Waals surface area contributed by atoms with Crippen molar-refractivity contribution in [2.45, 2.75) is 57.7 Å². The van der Waals surface area contributed by atoms with Crippen molar-refractivity contribution >= 4 is 18.3 Å². The summed E-state index contributed by atoms with van der Waals surface area (Å²) in [6.45, 7) is 3.21. The van der Waals surface area contributed by atoms with Gasteiger partial charge in [0.05, 0.1) is 6.61 Å². The minimum absolute atomic E-state index is 0. The normalized spacial score (nSPS) is 25.5. The van der Waals surface area contributed by atoms with E-state index in [1.165, 1.54) is 12.8 Å². The third-order valence-corrected chi connectivity index (χ3v) is 4.74. The number of halogens is 1. The number of fused-ring (bicyclic) bond motifs is 2. The minimum Gasteiger partial charge on any atom is -0.494 e. The SMILES string of the molecule is CCOc1cccc(CNC(=O)CC2CC3CCC(C2)N3)c1.Cl.